The van der Waals surface area contributed by atoms with E-state index in [1.54, 1.807) is 0 Å². The summed E-state index contributed by atoms with van der Waals surface area (Å²) in [5, 5.41) is 4.36. The molecule has 162 valence electrons. The molecule has 5 nitrogen and oxygen atoms in total. The summed E-state index contributed by atoms with van der Waals surface area (Å²) >= 11 is 5.75. The van der Waals surface area contributed by atoms with E-state index in [-0.39, 0.29) is 12.1 Å². The van der Waals surface area contributed by atoms with Crippen molar-refractivity contribution in [2.24, 2.45) is 0 Å². The van der Waals surface area contributed by atoms with E-state index >= 15 is 0 Å². The maximum absolute atomic E-state index is 5.75. The summed E-state index contributed by atoms with van der Waals surface area (Å²) in [4.78, 5) is 9.10. The monoisotopic (exact) mass is 433 g/mol. The van der Waals surface area contributed by atoms with Gasteiger partial charge in [-0.2, -0.15) is 0 Å². The van der Waals surface area contributed by atoms with Crippen molar-refractivity contribution in [2.75, 3.05) is 25.5 Å². The van der Waals surface area contributed by atoms with E-state index < -0.39 is 0 Å². The second-order valence-electron chi connectivity index (χ2n) is 8.39. The zero-order valence-electron chi connectivity index (χ0n) is 19.0. The molecule has 3 aromatic rings. The molecule has 1 N–H and O–H groups in total. The predicted octanol–water partition coefficient (Wildman–Crippen LogP) is 4.94. The lowest BCUT2D eigenvalue weighted by atomic mass is 9.96. The summed E-state index contributed by atoms with van der Waals surface area (Å²) in [7, 11) is 4.13. The lowest BCUT2D eigenvalue weighted by molar-refractivity contribution is 0.316. The minimum absolute atomic E-state index is 0.0327. The Morgan fingerprint density at radius 1 is 1.10 bits per heavy atom. The smallest absolute Gasteiger partial charge is 0.170 e. The first-order valence-electron chi connectivity index (χ1n) is 10.9. The molecule has 31 heavy (non-hydrogen) atoms. The van der Waals surface area contributed by atoms with Gasteiger partial charge in [-0.25, -0.2) is 0 Å². The molecule has 0 unspecified atom stereocenters. The molecule has 1 saturated heterocycles. The minimum Gasteiger partial charge on any atom is -0.378 e. The zero-order valence-corrected chi connectivity index (χ0v) is 19.8. The van der Waals surface area contributed by atoms with Crippen molar-refractivity contribution in [3.05, 3.63) is 77.4 Å². The van der Waals surface area contributed by atoms with Crippen LogP contribution in [0.3, 0.4) is 0 Å². The number of aryl methyl sites for hydroxylation is 1. The third-order valence-corrected chi connectivity index (χ3v) is 6.43. The molecule has 1 aromatic carbocycles. The SMILES string of the molecule is CCCN1C(=S)N[C@@H](c2ccccn2)[C@@H]1c1cc(C)n(-c2ccc(N(C)C)cc2)c1C. The maximum atomic E-state index is 5.75. The predicted molar refractivity (Wildman–Crippen MR) is 132 cm³/mol. The molecule has 0 aliphatic carbocycles. The van der Waals surface area contributed by atoms with Gasteiger partial charge >= 0.3 is 0 Å². The van der Waals surface area contributed by atoms with Gasteiger partial charge in [0.2, 0.25) is 0 Å². The third kappa shape index (κ3) is 3.92. The van der Waals surface area contributed by atoms with Crippen molar-refractivity contribution >= 4 is 23.0 Å². The number of nitrogens with one attached hydrogen (secondary N) is 1. The van der Waals surface area contributed by atoms with Gasteiger partial charge in [-0.1, -0.05) is 13.0 Å². The molecule has 4 rings (SSSR count). The van der Waals surface area contributed by atoms with Crippen LogP contribution in [0.25, 0.3) is 5.69 Å². The number of hydrogen-bond acceptors (Lipinski definition) is 3. The molecule has 3 heterocycles. The summed E-state index contributed by atoms with van der Waals surface area (Å²) in [6.45, 7) is 7.50. The Balaban J connectivity index is 1.79. The van der Waals surface area contributed by atoms with Crippen molar-refractivity contribution in [3.63, 3.8) is 0 Å². The van der Waals surface area contributed by atoms with E-state index in [9.17, 15) is 0 Å². The fraction of sp³-hybridized carbons (Fsp3) is 0.360. The molecule has 0 radical (unpaired) electrons. The highest BCUT2D eigenvalue weighted by molar-refractivity contribution is 7.80. The van der Waals surface area contributed by atoms with Crippen LogP contribution in [0.2, 0.25) is 0 Å². The van der Waals surface area contributed by atoms with Crippen LogP contribution in [0, 0.1) is 13.8 Å². The number of rotatable bonds is 6. The normalized spacial score (nSPS) is 18.4. The van der Waals surface area contributed by atoms with E-state index in [1.807, 2.05) is 18.3 Å². The summed E-state index contributed by atoms with van der Waals surface area (Å²) in [5.41, 5.74) is 7.16. The Bertz CT molecular complexity index is 1060. The average Bonchev–Trinajstić information content (AvgIpc) is 3.24. The van der Waals surface area contributed by atoms with Gasteiger partial charge in [0, 0.05) is 49.6 Å². The van der Waals surface area contributed by atoms with E-state index in [1.165, 1.54) is 28.3 Å². The van der Waals surface area contributed by atoms with Crippen molar-refractivity contribution in [3.8, 4) is 5.69 Å². The van der Waals surface area contributed by atoms with Crippen LogP contribution in [0.4, 0.5) is 5.69 Å². The van der Waals surface area contributed by atoms with Crippen molar-refractivity contribution in [1.82, 2.24) is 19.8 Å². The van der Waals surface area contributed by atoms with E-state index in [4.69, 9.17) is 12.2 Å². The number of benzene rings is 1. The maximum Gasteiger partial charge on any atom is 0.170 e. The first-order valence-corrected chi connectivity index (χ1v) is 11.3. The van der Waals surface area contributed by atoms with Gasteiger partial charge in [-0.15, -0.1) is 0 Å². The van der Waals surface area contributed by atoms with Crippen molar-refractivity contribution in [1.29, 1.82) is 0 Å². The quantitative estimate of drug-likeness (QED) is 0.558. The lowest BCUT2D eigenvalue weighted by Gasteiger charge is -2.27. The van der Waals surface area contributed by atoms with Crippen LogP contribution < -0.4 is 10.2 Å². The van der Waals surface area contributed by atoms with Gasteiger partial charge in [0.15, 0.2) is 5.11 Å². The average molecular weight is 434 g/mol. The van der Waals surface area contributed by atoms with Crippen LogP contribution in [0.15, 0.2) is 54.7 Å². The second kappa shape index (κ2) is 8.71. The number of thiocarbonyl (C=S) groups is 1. The number of hydrogen-bond donors (Lipinski definition) is 1. The Kier molecular flexibility index (Phi) is 6.01. The highest BCUT2D eigenvalue weighted by atomic mass is 32.1. The van der Waals surface area contributed by atoms with Gasteiger partial charge in [0.1, 0.15) is 0 Å². The van der Waals surface area contributed by atoms with Crippen LogP contribution in [0.1, 0.15) is 48.1 Å². The molecule has 2 aromatic heterocycles. The summed E-state index contributed by atoms with van der Waals surface area (Å²) < 4.78 is 2.34. The minimum atomic E-state index is 0.0327. The number of anilines is 1. The molecular formula is C25H31N5S. The Hall–Kier alpha value is -2.86. The molecule has 0 amide bonds. The number of aromatic nitrogens is 2. The highest BCUT2D eigenvalue weighted by Gasteiger charge is 2.40. The van der Waals surface area contributed by atoms with Gasteiger partial charge in [0.25, 0.3) is 0 Å². The van der Waals surface area contributed by atoms with Crippen LogP contribution in [-0.4, -0.2) is 40.2 Å². The molecule has 2 atom stereocenters. The van der Waals surface area contributed by atoms with Crippen molar-refractivity contribution in [2.45, 2.75) is 39.3 Å². The number of pyridine rings is 1. The molecular weight excluding hydrogens is 402 g/mol. The van der Waals surface area contributed by atoms with Gasteiger partial charge in [-0.05, 0) is 80.5 Å². The second-order valence-corrected chi connectivity index (χ2v) is 8.78. The van der Waals surface area contributed by atoms with E-state index in [0.717, 1.165) is 23.8 Å². The fourth-order valence-electron chi connectivity index (χ4n) is 4.61. The highest BCUT2D eigenvalue weighted by Crippen LogP contribution is 2.41. The van der Waals surface area contributed by atoms with E-state index in [2.05, 4.69) is 95.9 Å². The largest absolute Gasteiger partial charge is 0.378 e. The van der Waals surface area contributed by atoms with Gasteiger partial charge in [-0.3, -0.25) is 4.98 Å². The van der Waals surface area contributed by atoms with Crippen LogP contribution in [-0.2, 0) is 0 Å². The topological polar surface area (TPSA) is 36.3 Å². The molecule has 0 spiro atoms. The third-order valence-electron chi connectivity index (χ3n) is 6.08. The standard InChI is InChI=1S/C25H31N5S/c1-6-15-29-24(23(27-25(29)31)22-9-7-8-14-26-22)21-16-17(2)30(18(21)3)20-12-10-19(11-13-20)28(4)5/h7-14,16,23-24H,6,15H2,1-5H3,(H,27,31)/t23-,24-/m0/s1. The first kappa shape index (κ1) is 21.4. The molecule has 1 aliphatic heterocycles. The molecule has 6 heteroatoms. The number of nitrogens with zero attached hydrogens (tertiary/aromatic N) is 4. The fourth-order valence-corrected chi connectivity index (χ4v) is 4.94. The lowest BCUT2D eigenvalue weighted by Crippen LogP contribution is -2.30. The van der Waals surface area contributed by atoms with E-state index in [0.29, 0.717) is 0 Å². The molecule has 0 saturated carbocycles. The summed E-state index contributed by atoms with van der Waals surface area (Å²) in [6, 6.07) is 17.3. The zero-order chi connectivity index (χ0) is 22.1. The Morgan fingerprint density at radius 2 is 1.84 bits per heavy atom. The van der Waals surface area contributed by atoms with Crippen LogP contribution >= 0.6 is 12.2 Å². The Morgan fingerprint density at radius 3 is 2.45 bits per heavy atom. The summed E-state index contributed by atoms with van der Waals surface area (Å²) in [5.74, 6) is 0. The van der Waals surface area contributed by atoms with Crippen LogP contribution in [0.5, 0.6) is 0 Å². The Labute approximate surface area is 190 Å². The molecule has 1 fully saturated rings. The molecule has 0 bridgehead atoms. The van der Waals surface area contributed by atoms with Crippen molar-refractivity contribution < 1.29 is 0 Å². The van der Waals surface area contributed by atoms with Gasteiger partial charge < -0.3 is 19.7 Å². The van der Waals surface area contributed by atoms with Gasteiger partial charge in [0.05, 0.1) is 17.8 Å². The summed E-state index contributed by atoms with van der Waals surface area (Å²) in [6.07, 6.45) is 2.90. The molecule has 1 aliphatic rings. The first-order chi connectivity index (χ1) is 14.9.